The number of aliphatic hydroxyl groups is 1. The lowest BCUT2D eigenvalue weighted by Gasteiger charge is -2.32. The molecule has 6 heteroatoms. The topological polar surface area (TPSA) is 104 Å². The molecular weight excluding hydrogens is 272 g/mol. The third-order valence-electron chi connectivity index (χ3n) is 3.99. The van der Waals surface area contributed by atoms with Crippen molar-refractivity contribution in [3.63, 3.8) is 0 Å². The molecule has 2 rings (SSSR count). The Morgan fingerprint density at radius 2 is 1.86 bits per heavy atom. The third-order valence-corrected chi connectivity index (χ3v) is 3.99. The third kappa shape index (κ3) is 2.85. The van der Waals surface area contributed by atoms with Gasteiger partial charge in [-0.1, -0.05) is 12.1 Å². The van der Waals surface area contributed by atoms with Gasteiger partial charge in [-0.2, -0.15) is 0 Å². The number of carbonyl (C=O) groups excluding carboxylic acids is 1. The molecule has 2 atom stereocenters. The van der Waals surface area contributed by atoms with E-state index in [4.69, 9.17) is 5.73 Å². The molecule has 4 N–H and O–H groups in total. The second kappa shape index (κ2) is 5.37. The van der Waals surface area contributed by atoms with Crippen molar-refractivity contribution in [1.29, 1.82) is 0 Å². The molecule has 0 bridgehead atoms. The molecule has 0 aromatic heterocycles. The molecule has 0 aliphatic carbocycles. The molecule has 1 fully saturated rings. The van der Waals surface area contributed by atoms with Crippen molar-refractivity contribution in [1.82, 2.24) is 4.90 Å². The lowest BCUT2D eigenvalue weighted by Crippen LogP contribution is -2.48. The fraction of sp³-hybridized carbons (Fsp3) is 0.467. The maximum absolute atomic E-state index is 12.7. The molecule has 6 nitrogen and oxygen atoms in total. The van der Waals surface area contributed by atoms with Crippen molar-refractivity contribution in [3.05, 3.63) is 29.8 Å². The first-order valence-corrected chi connectivity index (χ1v) is 6.81. The van der Waals surface area contributed by atoms with Crippen molar-refractivity contribution in [2.45, 2.75) is 37.8 Å². The molecule has 21 heavy (non-hydrogen) atoms. The normalized spacial score (nSPS) is 22.3. The second-order valence-electron chi connectivity index (χ2n) is 5.95. The molecule has 0 unspecified atom stereocenters. The van der Waals surface area contributed by atoms with E-state index in [0.29, 0.717) is 5.69 Å². The summed E-state index contributed by atoms with van der Waals surface area (Å²) in [6, 6.07) is 5.96. The fourth-order valence-corrected chi connectivity index (χ4v) is 2.65. The zero-order valence-electron chi connectivity index (χ0n) is 12.1. The van der Waals surface area contributed by atoms with E-state index in [9.17, 15) is 19.8 Å². The van der Waals surface area contributed by atoms with Crippen molar-refractivity contribution < 1.29 is 19.8 Å². The highest BCUT2D eigenvalue weighted by atomic mass is 16.4. The number of carboxylic acid groups (broad SMARTS) is 1. The molecule has 1 amide bonds. The van der Waals surface area contributed by atoms with Crippen LogP contribution in [0.3, 0.4) is 0 Å². The van der Waals surface area contributed by atoms with Gasteiger partial charge in [0.15, 0.2) is 0 Å². The number of hydrogen-bond acceptors (Lipinski definition) is 4. The number of rotatable bonds is 3. The molecule has 1 aromatic rings. The zero-order valence-corrected chi connectivity index (χ0v) is 12.1. The van der Waals surface area contributed by atoms with Gasteiger partial charge in [0.05, 0.1) is 11.5 Å². The summed E-state index contributed by atoms with van der Waals surface area (Å²) in [5, 5.41) is 18.9. The number of nitrogens with two attached hydrogens (primary N) is 1. The van der Waals surface area contributed by atoms with Crippen molar-refractivity contribution in [2.75, 3.05) is 12.3 Å². The van der Waals surface area contributed by atoms with Crippen LogP contribution in [0.5, 0.6) is 0 Å². The van der Waals surface area contributed by atoms with Gasteiger partial charge >= 0.3 is 5.97 Å². The van der Waals surface area contributed by atoms with E-state index < -0.39 is 23.5 Å². The van der Waals surface area contributed by atoms with Crippen LogP contribution in [-0.2, 0) is 15.0 Å². The number of nitrogens with zero attached hydrogens (tertiary/aromatic N) is 1. The minimum absolute atomic E-state index is 0.0498. The van der Waals surface area contributed by atoms with Gasteiger partial charge in [-0.25, -0.2) is 4.79 Å². The number of aliphatic hydroxyl groups excluding tert-OH is 1. The van der Waals surface area contributed by atoms with Crippen molar-refractivity contribution >= 4 is 17.6 Å². The predicted molar refractivity (Wildman–Crippen MR) is 77.6 cm³/mol. The first-order chi connectivity index (χ1) is 9.73. The number of hydrogen-bond donors (Lipinski definition) is 3. The second-order valence-corrected chi connectivity index (χ2v) is 5.95. The Bertz CT molecular complexity index is 553. The number of nitrogen functional groups attached to an aromatic ring is 1. The van der Waals surface area contributed by atoms with Crippen LogP contribution in [0, 0.1) is 0 Å². The van der Waals surface area contributed by atoms with Gasteiger partial charge in [-0.3, -0.25) is 4.79 Å². The van der Waals surface area contributed by atoms with E-state index in [1.165, 1.54) is 4.90 Å². The molecule has 114 valence electrons. The van der Waals surface area contributed by atoms with E-state index in [-0.39, 0.29) is 18.9 Å². The monoisotopic (exact) mass is 292 g/mol. The molecule has 1 aliphatic heterocycles. The summed E-state index contributed by atoms with van der Waals surface area (Å²) in [4.78, 5) is 25.2. The summed E-state index contributed by atoms with van der Waals surface area (Å²) in [5.74, 6) is -1.40. The molecular formula is C15H20N2O4. The van der Waals surface area contributed by atoms with E-state index in [1.54, 1.807) is 38.1 Å². The lowest BCUT2D eigenvalue weighted by atomic mass is 9.83. The summed E-state index contributed by atoms with van der Waals surface area (Å²) in [6.45, 7) is 3.53. The molecule has 0 spiro atoms. The summed E-state index contributed by atoms with van der Waals surface area (Å²) < 4.78 is 0. The highest BCUT2D eigenvalue weighted by Gasteiger charge is 2.44. The highest BCUT2D eigenvalue weighted by molar-refractivity contribution is 5.91. The Labute approximate surface area is 123 Å². The van der Waals surface area contributed by atoms with Gasteiger partial charge in [0, 0.05) is 18.7 Å². The van der Waals surface area contributed by atoms with Crippen LogP contribution in [0.4, 0.5) is 5.69 Å². The van der Waals surface area contributed by atoms with E-state index in [0.717, 1.165) is 5.56 Å². The SMILES string of the molecule is CC(C)(C(=O)N1C[C@H](O)C[C@H]1C(=O)O)c1ccc(N)cc1. The Morgan fingerprint density at radius 3 is 2.38 bits per heavy atom. The van der Waals surface area contributed by atoms with Crippen molar-refractivity contribution in [2.24, 2.45) is 0 Å². The van der Waals surface area contributed by atoms with Gasteiger partial charge in [-0.05, 0) is 31.5 Å². The van der Waals surface area contributed by atoms with Gasteiger partial charge in [0.2, 0.25) is 5.91 Å². The quantitative estimate of drug-likeness (QED) is 0.707. The summed E-state index contributed by atoms with van der Waals surface area (Å²) in [5.41, 5.74) is 6.11. The average molecular weight is 292 g/mol. The van der Waals surface area contributed by atoms with Gasteiger partial charge in [0.25, 0.3) is 0 Å². The van der Waals surface area contributed by atoms with Gasteiger partial charge < -0.3 is 20.8 Å². The largest absolute Gasteiger partial charge is 0.480 e. The number of β-amino-alcohol motifs (C(OH)–C–C–N with tert-alkyl or cyclic N) is 1. The van der Waals surface area contributed by atoms with Crippen LogP contribution in [0.15, 0.2) is 24.3 Å². The minimum atomic E-state index is -1.09. The number of benzene rings is 1. The number of amides is 1. The standard InChI is InChI=1S/C15H20N2O4/c1-15(2,9-3-5-10(16)6-4-9)14(21)17-8-11(18)7-12(17)13(19)20/h3-6,11-12,18H,7-8,16H2,1-2H3,(H,19,20)/t11-,12+/m1/s1. The summed E-state index contributed by atoms with van der Waals surface area (Å²) in [6.07, 6.45) is -0.726. The molecule has 1 heterocycles. The van der Waals surface area contributed by atoms with Crippen LogP contribution in [0.2, 0.25) is 0 Å². The predicted octanol–water partition coefficient (Wildman–Crippen LogP) is 0.593. The van der Waals surface area contributed by atoms with Crippen LogP contribution in [0.25, 0.3) is 0 Å². The first-order valence-electron chi connectivity index (χ1n) is 6.81. The van der Waals surface area contributed by atoms with Crippen molar-refractivity contribution in [3.8, 4) is 0 Å². The molecule has 0 radical (unpaired) electrons. The van der Waals surface area contributed by atoms with Crippen LogP contribution < -0.4 is 5.73 Å². The Morgan fingerprint density at radius 1 is 1.29 bits per heavy atom. The Hall–Kier alpha value is -2.08. The van der Waals surface area contributed by atoms with Crippen LogP contribution in [-0.4, -0.2) is 45.7 Å². The van der Waals surface area contributed by atoms with E-state index in [2.05, 4.69) is 0 Å². The number of carbonyl (C=O) groups is 2. The number of anilines is 1. The first kappa shape index (κ1) is 15.3. The maximum Gasteiger partial charge on any atom is 0.326 e. The zero-order chi connectivity index (χ0) is 15.8. The maximum atomic E-state index is 12.7. The summed E-state index contributed by atoms with van der Waals surface area (Å²) >= 11 is 0. The van der Waals surface area contributed by atoms with Crippen LogP contribution in [0.1, 0.15) is 25.8 Å². The summed E-state index contributed by atoms with van der Waals surface area (Å²) in [7, 11) is 0. The number of carboxylic acids is 1. The highest BCUT2D eigenvalue weighted by Crippen LogP contribution is 2.30. The number of aliphatic carboxylic acids is 1. The Kier molecular flexibility index (Phi) is 3.91. The molecule has 1 aromatic carbocycles. The number of likely N-dealkylation sites (tertiary alicyclic amines) is 1. The minimum Gasteiger partial charge on any atom is -0.480 e. The van der Waals surface area contributed by atoms with E-state index >= 15 is 0 Å². The van der Waals surface area contributed by atoms with Crippen LogP contribution >= 0.6 is 0 Å². The molecule has 1 saturated heterocycles. The molecule has 1 aliphatic rings. The Balaban J connectivity index is 2.29. The average Bonchev–Trinajstić information content (AvgIpc) is 2.80. The van der Waals surface area contributed by atoms with Gasteiger partial charge in [-0.15, -0.1) is 0 Å². The smallest absolute Gasteiger partial charge is 0.326 e. The molecule has 0 saturated carbocycles. The fourth-order valence-electron chi connectivity index (χ4n) is 2.65. The lowest BCUT2D eigenvalue weighted by molar-refractivity contribution is -0.150. The van der Waals surface area contributed by atoms with Gasteiger partial charge in [0.1, 0.15) is 6.04 Å². The van der Waals surface area contributed by atoms with E-state index in [1.807, 2.05) is 0 Å².